The Kier molecular flexibility index (Phi) is 3.34. The van der Waals surface area contributed by atoms with E-state index in [-0.39, 0.29) is 16.9 Å². The first-order valence-electron chi connectivity index (χ1n) is 4.57. The van der Waals surface area contributed by atoms with Gasteiger partial charge in [-0.3, -0.25) is 4.79 Å². The summed E-state index contributed by atoms with van der Waals surface area (Å²) >= 11 is 1.98. The maximum atomic E-state index is 11.4. The number of halogens is 1. The molecule has 0 aliphatic rings. The van der Waals surface area contributed by atoms with Crippen molar-refractivity contribution in [2.45, 2.75) is 33.6 Å². The summed E-state index contributed by atoms with van der Waals surface area (Å²) in [6.07, 6.45) is 1.62. The first-order chi connectivity index (χ1) is 6.32. The van der Waals surface area contributed by atoms with Gasteiger partial charge in [0, 0.05) is 12.1 Å². The van der Waals surface area contributed by atoms with E-state index in [0.29, 0.717) is 3.57 Å². The van der Waals surface area contributed by atoms with E-state index in [1.807, 2.05) is 22.6 Å². The summed E-state index contributed by atoms with van der Waals surface area (Å²) in [5.41, 5.74) is 0.0645. The fourth-order valence-corrected chi connectivity index (χ4v) is 1.30. The number of hydrogen-bond donors (Lipinski definition) is 1. The quantitative estimate of drug-likeness (QED) is 0.810. The second-order valence-corrected chi connectivity index (χ2v) is 5.70. The smallest absolute Gasteiger partial charge is 0.264 e. The van der Waals surface area contributed by atoms with Crippen molar-refractivity contribution in [1.82, 2.24) is 9.97 Å². The van der Waals surface area contributed by atoms with Crippen molar-refractivity contribution in [2.75, 3.05) is 0 Å². The van der Waals surface area contributed by atoms with E-state index in [9.17, 15) is 4.79 Å². The van der Waals surface area contributed by atoms with Crippen LogP contribution in [0.3, 0.4) is 0 Å². The van der Waals surface area contributed by atoms with Gasteiger partial charge < -0.3 is 4.98 Å². The number of rotatable bonds is 1. The SMILES string of the molecule is CC(c1ncc(I)c(=O)[nH]1)C(C)(C)C. The minimum Gasteiger partial charge on any atom is -0.309 e. The fourth-order valence-electron chi connectivity index (χ4n) is 1.02. The van der Waals surface area contributed by atoms with Gasteiger partial charge in [-0.1, -0.05) is 27.7 Å². The zero-order valence-electron chi connectivity index (χ0n) is 8.89. The van der Waals surface area contributed by atoms with Crippen molar-refractivity contribution >= 4 is 22.6 Å². The molecule has 1 aromatic rings. The predicted molar refractivity (Wildman–Crippen MR) is 65.4 cm³/mol. The number of hydrogen-bond acceptors (Lipinski definition) is 2. The number of H-pyrrole nitrogens is 1. The van der Waals surface area contributed by atoms with Crippen LogP contribution in [0.1, 0.15) is 39.4 Å². The summed E-state index contributed by atoms with van der Waals surface area (Å²) in [6.45, 7) is 8.48. The molecule has 0 bridgehead atoms. The Labute approximate surface area is 97.5 Å². The molecule has 14 heavy (non-hydrogen) atoms. The van der Waals surface area contributed by atoms with Gasteiger partial charge in [0.05, 0.1) is 3.57 Å². The molecule has 0 aromatic carbocycles. The van der Waals surface area contributed by atoms with Crippen LogP contribution < -0.4 is 5.56 Å². The Bertz CT molecular complexity index is 378. The monoisotopic (exact) mass is 306 g/mol. The van der Waals surface area contributed by atoms with Crippen LogP contribution in [0.25, 0.3) is 0 Å². The van der Waals surface area contributed by atoms with Gasteiger partial charge in [0.1, 0.15) is 5.82 Å². The summed E-state index contributed by atoms with van der Waals surface area (Å²) in [7, 11) is 0. The van der Waals surface area contributed by atoms with Crippen molar-refractivity contribution in [3.8, 4) is 0 Å². The molecule has 0 radical (unpaired) electrons. The normalized spacial score (nSPS) is 14.1. The van der Waals surface area contributed by atoms with Crippen molar-refractivity contribution in [1.29, 1.82) is 0 Å². The van der Waals surface area contributed by atoms with E-state index in [0.717, 1.165) is 5.82 Å². The maximum Gasteiger partial charge on any atom is 0.264 e. The molecule has 0 aliphatic carbocycles. The first kappa shape index (κ1) is 11.7. The van der Waals surface area contributed by atoms with Crippen LogP contribution in [0.2, 0.25) is 0 Å². The number of nitrogens with zero attached hydrogens (tertiary/aromatic N) is 1. The molecule has 0 aliphatic heterocycles. The molecule has 1 rings (SSSR count). The number of aromatic amines is 1. The topological polar surface area (TPSA) is 45.8 Å². The third-order valence-electron chi connectivity index (χ3n) is 2.48. The first-order valence-corrected chi connectivity index (χ1v) is 5.65. The molecule has 1 heterocycles. The number of aromatic nitrogens is 2. The Balaban J connectivity index is 3.10. The van der Waals surface area contributed by atoms with Gasteiger partial charge in [0.15, 0.2) is 0 Å². The van der Waals surface area contributed by atoms with Crippen LogP contribution in [-0.4, -0.2) is 9.97 Å². The van der Waals surface area contributed by atoms with Crippen LogP contribution in [0, 0.1) is 8.99 Å². The Hall–Kier alpha value is -0.390. The van der Waals surface area contributed by atoms with Crippen LogP contribution >= 0.6 is 22.6 Å². The molecule has 0 saturated carbocycles. The molecule has 0 spiro atoms. The molecule has 0 saturated heterocycles. The highest BCUT2D eigenvalue weighted by atomic mass is 127. The highest BCUT2D eigenvalue weighted by Crippen LogP contribution is 2.31. The molecule has 78 valence electrons. The minimum absolute atomic E-state index is 0.0494. The van der Waals surface area contributed by atoms with E-state index < -0.39 is 0 Å². The van der Waals surface area contributed by atoms with Gasteiger partial charge in [-0.25, -0.2) is 4.98 Å². The van der Waals surface area contributed by atoms with Crippen molar-refractivity contribution in [2.24, 2.45) is 5.41 Å². The largest absolute Gasteiger partial charge is 0.309 e. The van der Waals surface area contributed by atoms with Crippen molar-refractivity contribution < 1.29 is 0 Å². The third kappa shape index (κ3) is 2.56. The Morgan fingerprint density at radius 1 is 1.50 bits per heavy atom. The van der Waals surface area contributed by atoms with E-state index >= 15 is 0 Å². The summed E-state index contributed by atoms with van der Waals surface area (Å²) in [5, 5.41) is 0. The minimum atomic E-state index is -0.0494. The van der Waals surface area contributed by atoms with E-state index in [1.54, 1.807) is 6.20 Å². The van der Waals surface area contributed by atoms with Crippen LogP contribution in [-0.2, 0) is 0 Å². The molecule has 1 unspecified atom stereocenters. The second kappa shape index (κ2) is 4.00. The Morgan fingerprint density at radius 3 is 2.50 bits per heavy atom. The van der Waals surface area contributed by atoms with Crippen LogP contribution in [0.4, 0.5) is 0 Å². The molecule has 1 atom stereocenters. The highest BCUT2D eigenvalue weighted by molar-refractivity contribution is 14.1. The lowest BCUT2D eigenvalue weighted by atomic mass is 9.81. The molecule has 1 N–H and O–H groups in total. The second-order valence-electron chi connectivity index (χ2n) is 4.53. The Morgan fingerprint density at radius 2 is 2.07 bits per heavy atom. The lowest BCUT2D eigenvalue weighted by Gasteiger charge is -2.25. The highest BCUT2D eigenvalue weighted by Gasteiger charge is 2.23. The van der Waals surface area contributed by atoms with Gasteiger partial charge in [0.25, 0.3) is 5.56 Å². The van der Waals surface area contributed by atoms with Crippen molar-refractivity contribution in [3.63, 3.8) is 0 Å². The zero-order valence-corrected chi connectivity index (χ0v) is 11.0. The summed E-state index contributed by atoms with van der Waals surface area (Å²) < 4.78 is 0.632. The van der Waals surface area contributed by atoms with Gasteiger partial charge in [-0.2, -0.15) is 0 Å². The van der Waals surface area contributed by atoms with E-state index in [2.05, 4.69) is 37.7 Å². The van der Waals surface area contributed by atoms with Crippen LogP contribution in [0.5, 0.6) is 0 Å². The van der Waals surface area contributed by atoms with Crippen molar-refractivity contribution in [3.05, 3.63) is 25.9 Å². The molecule has 4 heteroatoms. The molecule has 0 fully saturated rings. The molecule has 0 amide bonds. The summed E-state index contributed by atoms with van der Waals surface area (Å²) in [6, 6.07) is 0. The lowest BCUT2D eigenvalue weighted by molar-refractivity contribution is 0.327. The maximum absolute atomic E-state index is 11.4. The molecule has 3 nitrogen and oxygen atoms in total. The standard InChI is InChI=1S/C10H15IN2O/c1-6(10(2,3)4)8-12-5-7(11)9(14)13-8/h5-6H,1-4H3,(H,12,13,14). The average Bonchev–Trinajstić information content (AvgIpc) is 2.07. The van der Waals surface area contributed by atoms with E-state index in [1.165, 1.54) is 0 Å². The number of nitrogens with one attached hydrogen (secondary N) is 1. The fraction of sp³-hybridized carbons (Fsp3) is 0.600. The average molecular weight is 306 g/mol. The molecule has 1 aromatic heterocycles. The van der Waals surface area contributed by atoms with Gasteiger partial charge in [-0.15, -0.1) is 0 Å². The molecular weight excluding hydrogens is 291 g/mol. The summed E-state index contributed by atoms with van der Waals surface area (Å²) in [4.78, 5) is 18.4. The van der Waals surface area contributed by atoms with Gasteiger partial charge in [0.2, 0.25) is 0 Å². The summed E-state index contributed by atoms with van der Waals surface area (Å²) in [5.74, 6) is 1.01. The third-order valence-corrected chi connectivity index (χ3v) is 3.25. The lowest BCUT2D eigenvalue weighted by Crippen LogP contribution is -2.22. The predicted octanol–water partition coefficient (Wildman–Crippen LogP) is 2.52. The molecular formula is C10H15IN2O. The zero-order chi connectivity index (χ0) is 10.9. The van der Waals surface area contributed by atoms with E-state index in [4.69, 9.17) is 0 Å². The van der Waals surface area contributed by atoms with Gasteiger partial charge in [-0.05, 0) is 28.0 Å². The van der Waals surface area contributed by atoms with Gasteiger partial charge >= 0.3 is 0 Å². The van der Waals surface area contributed by atoms with Crippen LogP contribution in [0.15, 0.2) is 11.0 Å².